The van der Waals surface area contributed by atoms with Crippen LogP contribution in [0.25, 0.3) is 10.9 Å². The van der Waals surface area contributed by atoms with Gasteiger partial charge in [0.2, 0.25) is 10.0 Å². The average molecular weight is 322 g/mol. The summed E-state index contributed by atoms with van der Waals surface area (Å²) in [6, 6.07) is 4.94. The Labute approximate surface area is 128 Å². The molecule has 1 heterocycles. The van der Waals surface area contributed by atoms with E-state index in [4.69, 9.17) is 5.11 Å². The number of rotatable bonds is 4. The van der Waals surface area contributed by atoms with Crippen molar-refractivity contribution in [1.82, 2.24) is 9.29 Å². The second-order valence-electron chi connectivity index (χ2n) is 5.65. The lowest BCUT2D eigenvalue weighted by molar-refractivity contribution is -0.137. The molecule has 6 nitrogen and oxygen atoms in total. The van der Waals surface area contributed by atoms with Crippen molar-refractivity contribution < 1.29 is 18.3 Å². The zero-order valence-electron chi connectivity index (χ0n) is 12.3. The molecular weight excluding hydrogens is 304 g/mol. The first-order valence-electron chi connectivity index (χ1n) is 7.21. The van der Waals surface area contributed by atoms with Crippen LogP contribution >= 0.6 is 0 Å². The minimum absolute atomic E-state index is 0.135. The third kappa shape index (κ3) is 2.50. The molecule has 7 heteroatoms. The number of benzene rings is 1. The van der Waals surface area contributed by atoms with Gasteiger partial charge < -0.3 is 10.1 Å². The van der Waals surface area contributed by atoms with E-state index in [0.29, 0.717) is 0 Å². The quantitative estimate of drug-likeness (QED) is 0.897. The summed E-state index contributed by atoms with van der Waals surface area (Å²) >= 11 is 0. The Morgan fingerprint density at radius 2 is 2.05 bits per heavy atom. The molecule has 2 aromatic rings. The molecule has 0 bridgehead atoms. The van der Waals surface area contributed by atoms with Crippen LogP contribution in [0.5, 0.6) is 0 Å². The number of sulfonamides is 1. The van der Waals surface area contributed by atoms with Gasteiger partial charge in [-0.1, -0.05) is 0 Å². The number of aryl methyl sites for hydroxylation is 2. The first-order chi connectivity index (χ1) is 10.4. The molecular formula is C15H18N2O4S. The predicted octanol–water partition coefficient (Wildman–Crippen LogP) is 1.75. The highest BCUT2D eigenvalue weighted by molar-refractivity contribution is 7.89. The van der Waals surface area contributed by atoms with Crippen LogP contribution in [0.15, 0.2) is 23.1 Å². The maximum atomic E-state index is 12.5. The molecule has 0 fully saturated rings. The number of H-pyrrole nitrogens is 1. The van der Waals surface area contributed by atoms with Gasteiger partial charge >= 0.3 is 5.97 Å². The van der Waals surface area contributed by atoms with Gasteiger partial charge in [-0.15, -0.1) is 0 Å². The average Bonchev–Trinajstić information content (AvgIpc) is 2.84. The molecule has 0 unspecified atom stereocenters. The maximum Gasteiger partial charge on any atom is 0.318 e. The number of carbonyl (C=O) groups is 1. The lowest BCUT2D eigenvalue weighted by atomic mass is 9.96. The summed E-state index contributed by atoms with van der Waals surface area (Å²) in [6.45, 7) is -0.550. The van der Waals surface area contributed by atoms with Crippen molar-refractivity contribution in [2.45, 2.75) is 30.6 Å². The van der Waals surface area contributed by atoms with E-state index >= 15 is 0 Å². The number of carboxylic acids is 1. The fourth-order valence-electron chi connectivity index (χ4n) is 3.00. The van der Waals surface area contributed by atoms with Gasteiger partial charge in [-0.2, -0.15) is 4.31 Å². The minimum Gasteiger partial charge on any atom is -0.480 e. The van der Waals surface area contributed by atoms with E-state index in [9.17, 15) is 13.2 Å². The van der Waals surface area contributed by atoms with Crippen molar-refractivity contribution in [3.63, 3.8) is 0 Å². The third-order valence-corrected chi connectivity index (χ3v) is 5.94. The van der Waals surface area contributed by atoms with Crippen molar-refractivity contribution in [3.05, 3.63) is 29.5 Å². The molecule has 0 saturated carbocycles. The number of aliphatic carboxylic acids is 1. The summed E-state index contributed by atoms with van der Waals surface area (Å²) in [5.41, 5.74) is 3.32. The molecule has 0 spiro atoms. The fraction of sp³-hybridized carbons (Fsp3) is 0.400. The Balaban J connectivity index is 2.06. The zero-order chi connectivity index (χ0) is 15.9. The fourth-order valence-corrected chi connectivity index (χ4v) is 4.15. The summed E-state index contributed by atoms with van der Waals surface area (Å²) in [5, 5.41) is 9.71. The first-order valence-corrected chi connectivity index (χ1v) is 8.65. The molecule has 0 atom stereocenters. The summed E-state index contributed by atoms with van der Waals surface area (Å²) in [7, 11) is -2.51. The van der Waals surface area contributed by atoms with E-state index in [-0.39, 0.29) is 4.90 Å². The van der Waals surface area contributed by atoms with Crippen LogP contribution in [0.3, 0.4) is 0 Å². The molecule has 118 valence electrons. The molecule has 1 aromatic heterocycles. The van der Waals surface area contributed by atoms with E-state index in [1.54, 1.807) is 12.1 Å². The van der Waals surface area contributed by atoms with Crippen LogP contribution < -0.4 is 0 Å². The predicted molar refractivity (Wildman–Crippen MR) is 82.4 cm³/mol. The van der Waals surface area contributed by atoms with Crippen molar-refractivity contribution in [1.29, 1.82) is 0 Å². The first kappa shape index (κ1) is 15.1. The number of hydrogen-bond donors (Lipinski definition) is 2. The molecule has 1 aliphatic rings. The van der Waals surface area contributed by atoms with Gasteiger partial charge in [-0.25, -0.2) is 8.42 Å². The van der Waals surface area contributed by atoms with E-state index in [0.717, 1.165) is 40.9 Å². The van der Waals surface area contributed by atoms with Crippen molar-refractivity contribution in [2.75, 3.05) is 13.6 Å². The van der Waals surface area contributed by atoms with E-state index in [1.807, 2.05) is 0 Å². The second-order valence-corrected chi connectivity index (χ2v) is 7.70. The Hall–Kier alpha value is -1.86. The molecule has 0 amide bonds. The standard InChI is InChI=1S/C15H18N2O4S/c1-17(9-15(18)19)22(20,21)10-6-7-14-12(8-10)11-4-2-3-5-13(11)16-14/h6-8,16H,2-5,9H2,1H3,(H,18,19). The summed E-state index contributed by atoms with van der Waals surface area (Å²) < 4.78 is 25.8. The SMILES string of the molecule is CN(CC(=O)O)S(=O)(=O)c1ccc2[nH]c3c(c2c1)CCCC3. The number of hydrogen-bond acceptors (Lipinski definition) is 3. The number of fused-ring (bicyclic) bond motifs is 3. The molecule has 22 heavy (non-hydrogen) atoms. The van der Waals surface area contributed by atoms with Gasteiger partial charge in [0, 0.05) is 23.6 Å². The number of nitrogens with zero attached hydrogens (tertiary/aromatic N) is 1. The second kappa shape index (κ2) is 5.40. The van der Waals surface area contributed by atoms with Gasteiger partial charge in [-0.3, -0.25) is 4.79 Å². The molecule has 3 rings (SSSR count). The number of likely N-dealkylation sites (N-methyl/N-ethyl adjacent to an activating group) is 1. The summed E-state index contributed by atoms with van der Waals surface area (Å²) in [4.78, 5) is 14.2. The number of nitrogens with one attached hydrogen (secondary N) is 1. The Kier molecular flexibility index (Phi) is 3.70. The van der Waals surface area contributed by atoms with E-state index in [2.05, 4.69) is 4.98 Å². The van der Waals surface area contributed by atoms with Crippen LogP contribution in [0.4, 0.5) is 0 Å². The normalized spacial score (nSPS) is 15.2. The summed E-state index contributed by atoms with van der Waals surface area (Å²) in [6.07, 6.45) is 4.19. The van der Waals surface area contributed by atoms with Crippen molar-refractivity contribution in [2.24, 2.45) is 0 Å². The molecule has 1 aromatic carbocycles. The van der Waals surface area contributed by atoms with Gasteiger partial charge in [-0.05, 0) is 49.4 Å². The van der Waals surface area contributed by atoms with E-state index in [1.165, 1.54) is 24.4 Å². The van der Waals surface area contributed by atoms with Crippen LogP contribution in [-0.2, 0) is 27.7 Å². The smallest absolute Gasteiger partial charge is 0.318 e. The minimum atomic E-state index is -3.79. The summed E-state index contributed by atoms with van der Waals surface area (Å²) in [5.74, 6) is -1.17. The van der Waals surface area contributed by atoms with Crippen LogP contribution in [0.2, 0.25) is 0 Å². The number of carboxylic acid groups (broad SMARTS) is 1. The maximum absolute atomic E-state index is 12.5. The molecule has 0 saturated heterocycles. The Bertz CT molecular complexity index is 839. The molecule has 2 N–H and O–H groups in total. The van der Waals surface area contributed by atoms with Crippen LogP contribution in [0.1, 0.15) is 24.1 Å². The van der Waals surface area contributed by atoms with Crippen molar-refractivity contribution in [3.8, 4) is 0 Å². The lowest BCUT2D eigenvalue weighted by Crippen LogP contribution is -2.32. The number of aromatic nitrogens is 1. The lowest BCUT2D eigenvalue weighted by Gasteiger charge is -2.15. The van der Waals surface area contributed by atoms with Gasteiger partial charge in [0.25, 0.3) is 0 Å². The molecule has 0 radical (unpaired) electrons. The molecule has 1 aliphatic carbocycles. The van der Waals surface area contributed by atoms with Gasteiger partial charge in [0.15, 0.2) is 0 Å². The highest BCUT2D eigenvalue weighted by atomic mass is 32.2. The monoisotopic (exact) mass is 322 g/mol. The Morgan fingerprint density at radius 3 is 2.77 bits per heavy atom. The van der Waals surface area contributed by atoms with Crippen LogP contribution in [-0.4, -0.2) is 42.4 Å². The topological polar surface area (TPSA) is 90.5 Å². The zero-order valence-corrected chi connectivity index (χ0v) is 13.1. The van der Waals surface area contributed by atoms with Gasteiger partial charge in [0.1, 0.15) is 6.54 Å². The molecule has 0 aliphatic heterocycles. The highest BCUT2D eigenvalue weighted by Crippen LogP contribution is 2.31. The van der Waals surface area contributed by atoms with Crippen LogP contribution in [0, 0.1) is 0 Å². The largest absolute Gasteiger partial charge is 0.480 e. The third-order valence-electron chi connectivity index (χ3n) is 4.14. The highest BCUT2D eigenvalue weighted by Gasteiger charge is 2.24. The van der Waals surface area contributed by atoms with Gasteiger partial charge in [0.05, 0.1) is 4.90 Å². The van der Waals surface area contributed by atoms with Crippen molar-refractivity contribution >= 4 is 26.9 Å². The van der Waals surface area contributed by atoms with E-state index < -0.39 is 22.5 Å². The number of aromatic amines is 1. The Morgan fingerprint density at radius 1 is 1.32 bits per heavy atom.